The highest BCUT2D eigenvalue weighted by Gasteiger charge is 2.30. The minimum atomic E-state index is -2.01. The molecular formula is C15H18N4O4. The molecule has 0 aliphatic rings. The van der Waals surface area contributed by atoms with Crippen LogP contribution in [0.4, 0.5) is 10.5 Å². The number of hydrogen-bond acceptors (Lipinski definition) is 4. The Morgan fingerprint density at radius 2 is 1.91 bits per heavy atom. The summed E-state index contributed by atoms with van der Waals surface area (Å²) >= 11 is 0. The van der Waals surface area contributed by atoms with Crippen LogP contribution in [-0.2, 0) is 4.79 Å². The van der Waals surface area contributed by atoms with Crippen LogP contribution in [-0.4, -0.2) is 44.1 Å². The van der Waals surface area contributed by atoms with Crippen molar-refractivity contribution in [3.8, 4) is 5.69 Å². The molecule has 23 heavy (non-hydrogen) atoms. The molecule has 0 saturated carbocycles. The summed E-state index contributed by atoms with van der Waals surface area (Å²) < 4.78 is 1.71. The first kappa shape index (κ1) is 16.5. The van der Waals surface area contributed by atoms with Gasteiger partial charge < -0.3 is 20.8 Å². The number of aromatic nitrogens is 2. The molecule has 8 nitrogen and oxygen atoms in total. The van der Waals surface area contributed by atoms with E-state index in [1.54, 1.807) is 28.9 Å². The maximum Gasteiger partial charge on any atom is 0.337 e. The Kier molecular flexibility index (Phi) is 4.65. The molecule has 0 bridgehead atoms. The summed E-state index contributed by atoms with van der Waals surface area (Å²) in [5.74, 6) is -1.41. The molecular weight excluding hydrogens is 300 g/mol. The van der Waals surface area contributed by atoms with Crippen molar-refractivity contribution in [3.63, 3.8) is 0 Å². The minimum Gasteiger partial charge on any atom is -0.479 e. The van der Waals surface area contributed by atoms with Crippen molar-refractivity contribution in [3.05, 3.63) is 42.2 Å². The second-order valence-electron chi connectivity index (χ2n) is 5.34. The second-order valence-corrected chi connectivity index (χ2v) is 5.34. The van der Waals surface area contributed by atoms with Crippen LogP contribution in [0, 0.1) is 6.92 Å². The zero-order valence-corrected chi connectivity index (χ0v) is 12.8. The average molecular weight is 318 g/mol. The van der Waals surface area contributed by atoms with Gasteiger partial charge in [-0.2, -0.15) is 5.10 Å². The van der Waals surface area contributed by atoms with E-state index >= 15 is 0 Å². The van der Waals surface area contributed by atoms with Crippen molar-refractivity contribution in [1.29, 1.82) is 0 Å². The van der Waals surface area contributed by atoms with Gasteiger partial charge >= 0.3 is 12.0 Å². The number of benzene rings is 1. The van der Waals surface area contributed by atoms with Crippen molar-refractivity contribution in [1.82, 2.24) is 15.1 Å². The number of aryl methyl sites for hydroxylation is 1. The van der Waals surface area contributed by atoms with Crippen LogP contribution in [0.5, 0.6) is 0 Å². The van der Waals surface area contributed by atoms with Crippen LogP contribution in [0.1, 0.15) is 12.6 Å². The van der Waals surface area contributed by atoms with Gasteiger partial charge in [0, 0.05) is 11.9 Å². The van der Waals surface area contributed by atoms with Gasteiger partial charge in [0.25, 0.3) is 0 Å². The molecule has 1 aromatic heterocycles. The van der Waals surface area contributed by atoms with E-state index in [9.17, 15) is 14.7 Å². The first-order valence-corrected chi connectivity index (χ1v) is 6.91. The molecule has 0 saturated heterocycles. The van der Waals surface area contributed by atoms with Crippen LogP contribution < -0.4 is 10.6 Å². The van der Waals surface area contributed by atoms with E-state index in [1.807, 2.05) is 19.2 Å². The van der Waals surface area contributed by atoms with E-state index < -0.39 is 24.1 Å². The van der Waals surface area contributed by atoms with Crippen molar-refractivity contribution in [2.24, 2.45) is 0 Å². The average Bonchev–Trinajstić information content (AvgIpc) is 2.92. The van der Waals surface area contributed by atoms with Crippen LogP contribution in [0.3, 0.4) is 0 Å². The molecule has 2 aromatic rings. The molecule has 122 valence electrons. The molecule has 1 heterocycles. The Balaban J connectivity index is 1.93. The molecule has 0 aliphatic carbocycles. The summed E-state index contributed by atoms with van der Waals surface area (Å²) in [7, 11) is 0. The van der Waals surface area contributed by atoms with Gasteiger partial charge in [0.05, 0.1) is 17.9 Å². The normalized spacial score (nSPS) is 13.2. The Labute approximate surface area is 132 Å². The molecule has 0 aliphatic heterocycles. The van der Waals surface area contributed by atoms with Gasteiger partial charge in [-0.15, -0.1) is 0 Å². The number of hydrogen-bond donors (Lipinski definition) is 4. The molecule has 0 spiro atoms. The number of rotatable bonds is 5. The number of carbonyl (C=O) groups is 2. The third kappa shape index (κ3) is 4.30. The van der Waals surface area contributed by atoms with Gasteiger partial charge in [-0.3, -0.25) is 0 Å². The third-order valence-electron chi connectivity index (χ3n) is 3.17. The van der Waals surface area contributed by atoms with Crippen molar-refractivity contribution < 1.29 is 19.8 Å². The van der Waals surface area contributed by atoms with Crippen LogP contribution >= 0.6 is 0 Å². The molecule has 0 fully saturated rings. The first-order chi connectivity index (χ1) is 10.8. The van der Waals surface area contributed by atoms with Crippen molar-refractivity contribution >= 4 is 17.7 Å². The smallest absolute Gasteiger partial charge is 0.337 e. The number of nitrogens with zero attached hydrogens (tertiary/aromatic N) is 2. The Bertz CT molecular complexity index is 707. The van der Waals surface area contributed by atoms with Crippen LogP contribution in [0.25, 0.3) is 5.69 Å². The largest absolute Gasteiger partial charge is 0.479 e. The summed E-state index contributed by atoms with van der Waals surface area (Å²) in [6.45, 7) is 2.60. The fraction of sp³-hybridized carbons (Fsp3) is 0.267. The maximum absolute atomic E-state index is 11.7. The highest BCUT2D eigenvalue weighted by molar-refractivity contribution is 5.90. The molecule has 2 amide bonds. The highest BCUT2D eigenvalue weighted by atomic mass is 16.4. The number of carbonyl (C=O) groups excluding carboxylic acids is 1. The van der Waals surface area contributed by atoms with E-state index in [0.717, 1.165) is 18.3 Å². The first-order valence-electron chi connectivity index (χ1n) is 6.91. The van der Waals surface area contributed by atoms with E-state index in [1.165, 1.54) is 0 Å². The van der Waals surface area contributed by atoms with Crippen LogP contribution in [0.2, 0.25) is 0 Å². The molecule has 0 radical (unpaired) electrons. The predicted octanol–water partition coefficient (Wildman–Crippen LogP) is 1.14. The van der Waals surface area contributed by atoms with E-state index in [2.05, 4.69) is 15.7 Å². The van der Waals surface area contributed by atoms with E-state index in [4.69, 9.17) is 5.11 Å². The molecule has 4 N–H and O–H groups in total. The summed E-state index contributed by atoms with van der Waals surface area (Å²) in [5.41, 5.74) is 0.263. The number of amides is 2. The van der Waals surface area contributed by atoms with Gasteiger partial charge in [-0.05, 0) is 44.2 Å². The lowest BCUT2D eigenvalue weighted by molar-refractivity contribution is -0.155. The lowest BCUT2D eigenvalue weighted by Gasteiger charge is -2.18. The standard InChI is InChI=1S/C15H18N4O4/c1-10-7-8-19(18-10)12-5-3-11(4-6-12)17-14(22)16-9-15(2,23)13(20)21/h3-8,23H,9H2,1-2H3,(H,20,21)(H2,16,17,22). The molecule has 1 unspecified atom stereocenters. The van der Waals surface area contributed by atoms with Crippen molar-refractivity contribution in [2.45, 2.75) is 19.4 Å². The summed E-state index contributed by atoms with van der Waals surface area (Å²) in [5, 5.41) is 27.4. The third-order valence-corrected chi connectivity index (χ3v) is 3.17. The molecule has 8 heteroatoms. The minimum absolute atomic E-state index is 0.404. The molecule has 2 rings (SSSR count). The fourth-order valence-corrected chi connectivity index (χ4v) is 1.76. The number of carboxylic acid groups (broad SMARTS) is 1. The number of carboxylic acids is 1. The number of aliphatic hydroxyl groups is 1. The Morgan fingerprint density at radius 3 is 2.43 bits per heavy atom. The van der Waals surface area contributed by atoms with Gasteiger partial charge in [0.1, 0.15) is 0 Å². The topological polar surface area (TPSA) is 116 Å². The lowest BCUT2D eigenvalue weighted by atomic mass is 10.1. The van der Waals surface area contributed by atoms with Crippen molar-refractivity contribution in [2.75, 3.05) is 11.9 Å². The predicted molar refractivity (Wildman–Crippen MR) is 83.6 cm³/mol. The Morgan fingerprint density at radius 1 is 1.26 bits per heavy atom. The quantitative estimate of drug-likeness (QED) is 0.659. The Hall–Kier alpha value is -2.87. The SMILES string of the molecule is Cc1ccn(-c2ccc(NC(=O)NCC(C)(O)C(=O)O)cc2)n1. The zero-order valence-electron chi connectivity index (χ0n) is 12.8. The second kappa shape index (κ2) is 6.49. The van der Waals surface area contributed by atoms with Gasteiger partial charge in [0.2, 0.25) is 0 Å². The monoisotopic (exact) mass is 318 g/mol. The summed E-state index contributed by atoms with van der Waals surface area (Å²) in [6, 6.07) is 8.25. The fourth-order valence-electron chi connectivity index (χ4n) is 1.76. The van der Waals surface area contributed by atoms with Gasteiger partial charge in [-0.25, -0.2) is 14.3 Å². The maximum atomic E-state index is 11.7. The lowest BCUT2D eigenvalue weighted by Crippen LogP contribution is -2.47. The number of urea groups is 1. The summed E-state index contributed by atoms with van der Waals surface area (Å²) in [4.78, 5) is 22.4. The molecule has 1 atom stereocenters. The number of aliphatic carboxylic acids is 1. The zero-order chi connectivity index (χ0) is 17.0. The highest BCUT2D eigenvalue weighted by Crippen LogP contribution is 2.13. The van der Waals surface area contributed by atoms with Crippen LogP contribution in [0.15, 0.2) is 36.5 Å². The summed E-state index contributed by atoms with van der Waals surface area (Å²) in [6.07, 6.45) is 1.83. The van der Waals surface area contributed by atoms with E-state index in [0.29, 0.717) is 5.69 Å². The molecule has 1 aromatic carbocycles. The van der Waals surface area contributed by atoms with Gasteiger partial charge in [-0.1, -0.05) is 0 Å². The van der Waals surface area contributed by atoms with Gasteiger partial charge in [0.15, 0.2) is 5.60 Å². The number of nitrogens with one attached hydrogen (secondary N) is 2. The number of anilines is 1. The van der Waals surface area contributed by atoms with E-state index in [-0.39, 0.29) is 0 Å².